The Morgan fingerprint density at radius 3 is 2.90 bits per heavy atom. The quantitative estimate of drug-likeness (QED) is 0.913. The van der Waals surface area contributed by atoms with Crippen molar-refractivity contribution < 1.29 is 18.7 Å². The Bertz CT molecular complexity index is 553. The maximum atomic E-state index is 13.3. The number of nitrogens with zero attached hydrogens (tertiary/aromatic N) is 1. The van der Waals surface area contributed by atoms with Crippen molar-refractivity contribution in [1.29, 1.82) is 0 Å². The maximum Gasteiger partial charge on any atom is 0.409 e. The van der Waals surface area contributed by atoms with Crippen molar-refractivity contribution in [3.05, 3.63) is 29.0 Å². The topological polar surface area (TPSA) is 58.6 Å². The van der Waals surface area contributed by atoms with Crippen LogP contribution in [0.5, 0.6) is 0 Å². The number of hydrogen-bond acceptors (Lipinski definition) is 3. The van der Waals surface area contributed by atoms with Gasteiger partial charge in [-0.15, -0.1) is 0 Å². The predicted octanol–water partition coefficient (Wildman–Crippen LogP) is 2.90. The molecule has 1 aromatic carbocycles. The van der Waals surface area contributed by atoms with E-state index in [-0.39, 0.29) is 16.8 Å². The molecule has 0 unspecified atom stereocenters. The summed E-state index contributed by atoms with van der Waals surface area (Å²) in [6.07, 6.45) is 0.961. The van der Waals surface area contributed by atoms with E-state index in [9.17, 15) is 14.0 Å². The van der Waals surface area contributed by atoms with Crippen LogP contribution in [0.2, 0.25) is 5.02 Å². The first kappa shape index (κ1) is 15.6. The molecule has 0 aliphatic carbocycles. The van der Waals surface area contributed by atoms with Crippen molar-refractivity contribution in [2.45, 2.75) is 12.8 Å². The average Bonchev–Trinajstić information content (AvgIpc) is 2.50. The Hall–Kier alpha value is -1.82. The normalized spacial score (nSPS) is 18.2. The number of anilines is 1. The number of carbonyl (C=O) groups is 2. The zero-order valence-electron chi connectivity index (χ0n) is 11.6. The summed E-state index contributed by atoms with van der Waals surface area (Å²) in [5, 5.41) is 2.64. The molecular weight excluding hydrogens is 299 g/mol. The number of piperidine rings is 1. The van der Waals surface area contributed by atoms with Crippen LogP contribution < -0.4 is 5.32 Å². The number of methoxy groups -OCH3 is 1. The van der Waals surface area contributed by atoms with E-state index in [1.165, 1.54) is 30.2 Å². The zero-order valence-corrected chi connectivity index (χ0v) is 12.3. The lowest BCUT2D eigenvalue weighted by Gasteiger charge is -2.30. The molecule has 1 aliphatic rings. The number of rotatable bonds is 2. The molecule has 1 aliphatic heterocycles. The third kappa shape index (κ3) is 3.85. The van der Waals surface area contributed by atoms with Crippen molar-refractivity contribution in [3.63, 3.8) is 0 Å². The predicted molar refractivity (Wildman–Crippen MR) is 76.7 cm³/mol. The summed E-state index contributed by atoms with van der Waals surface area (Å²) in [6.45, 7) is 0.876. The molecule has 5 nitrogen and oxygen atoms in total. The van der Waals surface area contributed by atoms with Gasteiger partial charge in [0.2, 0.25) is 5.91 Å². The van der Waals surface area contributed by atoms with E-state index in [0.717, 1.165) is 6.42 Å². The summed E-state index contributed by atoms with van der Waals surface area (Å²) in [7, 11) is 1.31. The van der Waals surface area contributed by atoms with Crippen molar-refractivity contribution in [3.8, 4) is 0 Å². The maximum absolute atomic E-state index is 13.3. The van der Waals surface area contributed by atoms with Crippen LogP contribution in [0.3, 0.4) is 0 Å². The number of benzene rings is 1. The van der Waals surface area contributed by atoms with Gasteiger partial charge in [0, 0.05) is 18.8 Å². The highest BCUT2D eigenvalue weighted by molar-refractivity contribution is 6.30. The van der Waals surface area contributed by atoms with Crippen LogP contribution in [0, 0.1) is 11.7 Å². The third-order valence-electron chi connectivity index (χ3n) is 3.41. The smallest absolute Gasteiger partial charge is 0.409 e. The van der Waals surface area contributed by atoms with Crippen molar-refractivity contribution in [1.82, 2.24) is 4.90 Å². The molecule has 0 radical (unpaired) electrons. The van der Waals surface area contributed by atoms with Gasteiger partial charge in [-0.2, -0.15) is 0 Å². The number of ether oxygens (including phenoxy) is 1. The van der Waals surface area contributed by atoms with Crippen LogP contribution in [0.1, 0.15) is 12.8 Å². The lowest BCUT2D eigenvalue weighted by atomic mass is 9.97. The zero-order chi connectivity index (χ0) is 15.4. The molecule has 1 atom stereocenters. The fourth-order valence-corrected chi connectivity index (χ4v) is 2.42. The fraction of sp³-hybridized carbons (Fsp3) is 0.429. The van der Waals surface area contributed by atoms with E-state index in [0.29, 0.717) is 25.2 Å². The number of likely N-dealkylation sites (tertiary alicyclic amines) is 1. The van der Waals surface area contributed by atoms with Gasteiger partial charge >= 0.3 is 6.09 Å². The van der Waals surface area contributed by atoms with Gasteiger partial charge in [0.15, 0.2) is 0 Å². The van der Waals surface area contributed by atoms with Crippen LogP contribution in [0.25, 0.3) is 0 Å². The molecule has 0 spiro atoms. The molecule has 0 bridgehead atoms. The Morgan fingerprint density at radius 2 is 2.24 bits per heavy atom. The van der Waals surface area contributed by atoms with Crippen molar-refractivity contribution in [2.24, 2.45) is 5.92 Å². The molecule has 7 heteroatoms. The molecule has 114 valence electrons. The number of carbonyl (C=O) groups excluding carboxylic acids is 2. The van der Waals surface area contributed by atoms with Crippen molar-refractivity contribution >= 4 is 29.3 Å². The minimum absolute atomic E-state index is 0.00234. The number of halogens is 2. The molecular formula is C14H16ClFN2O3. The van der Waals surface area contributed by atoms with E-state index in [2.05, 4.69) is 10.1 Å². The Kier molecular flexibility index (Phi) is 5.01. The summed E-state index contributed by atoms with van der Waals surface area (Å²) < 4.78 is 18.0. The van der Waals surface area contributed by atoms with Gasteiger partial charge in [-0.1, -0.05) is 11.6 Å². The van der Waals surface area contributed by atoms with Crippen LogP contribution >= 0.6 is 11.6 Å². The van der Waals surface area contributed by atoms with Gasteiger partial charge in [-0.05, 0) is 31.0 Å². The summed E-state index contributed by atoms with van der Waals surface area (Å²) in [5.41, 5.74) is 0.345. The molecule has 1 aromatic rings. The number of hydrogen-bond donors (Lipinski definition) is 1. The molecule has 0 saturated carbocycles. The Labute approximate surface area is 127 Å². The molecule has 1 fully saturated rings. The van der Waals surface area contributed by atoms with Gasteiger partial charge in [0.05, 0.1) is 18.1 Å². The first-order chi connectivity index (χ1) is 10.0. The number of nitrogens with one attached hydrogen (secondary N) is 1. The van der Waals surface area contributed by atoms with Gasteiger partial charge in [0.1, 0.15) is 5.82 Å². The van der Waals surface area contributed by atoms with E-state index in [4.69, 9.17) is 11.6 Å². The van der Waals surface area contributed by atoms with Crippen molar-refractivity contribution in [2.75, 3.05) is 25.5 Å². The fourth-order valence-electron chi connectivity index (χ4n) is 2.30. The average molecular weight is 315 g/mol. The SMILES string of the molecule is COC(=O)N1CCC[C@H](C(=O)Nc2ccc(Cl)c(F)c2)C1. The highest BCUT2D eigenvalue weighted by Gasteiger charge is 2.28. The highest BCUT2D eigenvalue weighted by atomic mass is 35.5. The third-order valence-corrected chi connectivity index (χ3v) is 3.72. The second-order valence-electron chi connectivity index (χ2n) is 4.87. The van der Waals surface area contributed by atoms with Crippen LogP contribution in [0.15, 0.2) is 18.2 Å². The summed E-state index contributed by atoms with van der Waals surface area (Å²) in [4.78, 5) is 25.2. The Balaban J connectivity index is 1.99. The lowest BCUT2D eigenvalue weighted by molar-refractivity contribution is -0.121. The number of amides is 2. The molecule has 1 saturated heterocycles. The first-order valence-electron chi connectivity index (χ1n) is 6.60. The molecule has 21 heavy (non-hydrogen) atoms. The van der Waals surface area contributed by atoms with E-state index < -0.39 is 11.9 Å². The van der Waals surface area contributed by atoms with Crippen LogP contribution in [0.4, 0.5) is 14.9 Å². The molecule has 2 rings (SSSR count). The highest BCUT2D eigenvalue weighted by Crippen LogP contribution is 2.22. The van der Waals surface area contributed by atoms with E-state index in [1.807, 2.05) is 0 Å². The Morgan fingerprint density at radius 1 is 1.48 bits per heavy atom. The largest absolute Gasteiger partial charge is 0.453 e. The second kappa shape index (κ2) is 6.76. The molecule has 2 amide bonds. The van der Waals surface area contributed by atoms with Gasteiger partial charge in [0.25, 0.3) is 0 Å². The standard InChI is InChI=1S/C14H16ClFN2O3/c1-21-14(20)18-6-2-3-9(8-18)13(19)17-10-4-5-11(15)12(16)7-10/h4-5,7,9H,2-3,6,8H2,1H3,(H,17,19)/t9-/m0/s1. The van der Waals surface area contributed by atoms with Gasteiger partial charge in [-0.3, -0.25) is 4.79 Å². The van der Waals surface area contributed by atoms with Crippen LogP contribution in [-0.2, 0) is 9.53 Å². The summed E-state index contributed by atoms with van der Waals surface area (Å²) >= 11 is 5.59. The van der Waals surface area contributed by atoms with Crippen LogP contribution in [-0.4, -0.2) is 37.1 Å². The minimum atomic E-state index is -0.589. The molecule has 1 N–H and O–H groups in total. The van der Waals surface area contributed by atoms with Gasteiger partial charge < -0.3 is 15.0 Å². The first-order valence-corrected chi connectivity index (χ1v) is 6.98. The monoisotopic (exact) mass is 314 g/mol. The molecule has 0 aromatic heterocycles. The molecule has 1 heterocycles. The summed E-state index contributed by atoms with van der Waals surface area (Å²) in [6, 6.07) is 4.08. The van der Waals surface area contributed by atoms with E-state index in [1.54, 1.807) is 0 Å². The second-order valence-corrected chi connectivity index (χ2v) is 5.28. The minimum Gasteiger partial charge on any atom is -0.453 e. The van der Waals surface area contributed by atoms with Gasteiger partial charge in [-0.25, -0.2) is 9.18 Å². The lowest BCUT2D eigenvalue weighted by Crippen LogP contribution is -2.43. The van der Waals surface area contributed by atoms with E-state index >= 15 is 0 Å². The summed E-state index contributed by atoms with van der Waals surface area (Å²) in [5.74, 6) is -1.17.